The topological polar surface area (TPSA) is 91.1 Å². The highest BCUT2D eigenvalue weighted by Crippen LogP contribution is 2.22. The van der Waals surface area contributed by atoms with Crippen LogP contribution in [0, 0.1) is 0 Å². The number of H-pyrrole nitrogens is 1. The molecule has 6 nitrogen and oxygen atoms in total. The van der Waals surface area contributed by atoms with E-state index in [4.69, 9.17) is 4.42 Å². The summed E-state index contributed by atoms with van der Waals surface area (Å²) in [6.45, 7) is 3.90. The average molecular weight is 371 g/mol. The van der Waals surface area contributed by atoms with Gasteiger partial charge in [0.25, 0.3) is 5.56 Å². The number of carboxylic acid groups (broad SMARTS) is 1. The highest BCUT2D eigenvalue weighted by atomic mass is 16.4. The average Bonchev–Trinajstić information content (AvgIpc) is 3.29. The number of rotatable bonds is 4. The molecule has 138 valence electrons. The highest BCUT2D eigenvalue weighted by Gasteiger charge is 2.07. The second-order valence-electron chi connectivity index (χ2n) is 6.19. The van der Waals surface area contributed by atoms with Gasteiger partial charge >= 0.3 is 0 Å². The number of carbonyl (C=O) groups is 1. The van der Waals surface area contributed by atoms with Crippen molar-refractivity contribution >= 4 is 18.6 Å². The van der Waals surface area contributed by atoms with Crippen LogP contribution >= 0.6 is 0 Å². The van der Waals surface area contributed by atoms with Gasteiger partial charge in [-0.3, -0.25) is 9.89 Å². The standard InChI is InChI=1S/C22H16N2O4/c1-14-19(21(25)24(23-14)17-5-3-2-4-6-17)13-18-11-12-20(28-18)15-7-9-16(10-8-15)22(26)27/h2-13,23H,1H2,(H,26,27)/p-1/b19-13-. The number of hydrogen-bond acceptors (Lipinski definition) is 4. The van der Waals surface area contributed by atoms with Gasteiger partial charge in [-0.05, 0) is 35.9 Å². The van der Waals surface area contributed by atoms with Gasteiger partial charge in [0.15, 0.2) is 0 Å². The Bertz CT molecular complexity index is 1310. The minimum Gasteiger partial charge on any atom is -0.545 e. The molecule has 0 saturated carbocycles. The molecule has 0 radical (unpaired) electrons. The lowest BCUT2D eigenvalue weighted by atomic mass is 10.1. The molecule has 0 unspecified atom stereocenters. The molecule has 0 bridgehead atoms. The predicted octanol–water partition coefficient (Wildman–Crippen LogP) is 1.03. The van der Waals surface area contributed by atoms with E-state index in [-0.39, 0.29) is 11.1 Å². The fraction of sp³-hybridized carbons (Fsp3) is 0. The van der Waals surface area contributed by atoms with Gasteiger partial charge in [0.05, 0.1) is 22.2 Å². The maximum absolute atomic E-state index is 12.7. The van der Waals surface area contributed by atoms with Crippen LogP contribution in [0.3, 0.4) is 0 Å². The van der Waals surface area contributed by atoms with Crippen LogP contribution in [0.5, 0.6) is 0 Å². The third kappa shape index (κ3) is 3.19. The van der Waals surface area contributed by atoms with Gasteiger partial charge in [-0.15, -0.1) is 0 Å². The Morgan fingerprint density at radius 2 is 1.75 bits per heavy atom. The summed E-state index contributed by atoms with van der Waals surface area (Å²) in [7, 11) is 0. The molecule has 0 amide bonds. The fourth-order valence-electron chi connectivity index (χ4n) is 2.90. The van der Waals surface area contributed by atoms with Crippen LogP contribution in [0.25, 0.3) is 29.7 Å². The Morgan fingerprint density at radius 3 is 2.43 bits per heavy atom. The molecular weight excluding hydrogens is 356 g/mol. The SMILES string of the molecule is C=c1[nH]n(-c2ccccc2)c(=O)/c1=C\c1ccc(-c2ccc(C(=O)[O-])cc2)o1. The Labute approximate surface area is 159 Å². The summed E-state index contributed by atoms with van der Waals surface area (Å²) in [5.41, 5.74) is 1.30. The number of aromatic carboxylic acids is 1. The largest absolute Gasteiger partial charge is 0.545 e. The summed E-state index contributed by atoms with van der Waals surface area (Å²) in [5, 5.41) is 14.7. The monoisotopic (exact) mass is 371 g/mol. The number of para-hydroxylation sites is 1. The fourth-order valence-corrected chi connectivity index (χ4v) is 2.90. The predicted molar refractivity (Wildman–Crippen MR) is 103 cm³/mol. The zero-order valence-corrected chi connectivity index (χ0v) is 14.7. The minimum atomic E-state index is -1.23. The normalized spacial score (nSPS) is 11.6. The molecule has 2 aromatic heterocycles. The molecule has 0 spiro atoms. The van der Waals surface area contributed by atoms with Gasteiger partial charge in [0.2, 0.25) is 0 Å². The Balaban J connectivity index is 1.72. The van der Waals surface area contributed by atoms with Crippen LogP contribution < -0.4 is 21.2 Å². The van der Waals surface area contributed by atoms with Crippen LogP contribution in [0.4, 0.5) is 0 Å². The molecule has 1 N–H and O–H groups in total. The number of hydrogen-bond donors (Lipinski definition) is 1. The molecule has 0 fully saturated rings. The highest BCUT2D eigenvalue weighted by molar-refractivity contribution is 5.86. The van der Waals surface area contributed by atoms with Crippen molar-refractivity contribution in [1.29, 1.82) is 0 Å². The van der Waals surface area contributed by atoms with Crippen LogP contribution in [-0.4, -0.2) is 15.7 Å². The van der Waals surface area contributed by atoms with Crippen molar-refractivity contribution in [2.24, 2.45) is 0 Å². The van der Waals surface area contributed by atoms with E-state index in [1.165, 1.54) is 16.8 Å². The van der Waals surface area contributed by atoms with Crippen molar-refractivity contribution in [3.8, 4) is 17.0 Å². The van der Waals surface area contributed by atoms with Crippen molar-refractivity contribution in [2.75, 3.05) is 0 Å². The smallest absolute Gasteiger partial charge is 0.279 e. The lowest BCUT2D eigenvalue weighted by Crippen LogP contribution is -2.33. The summed E-state index contributed by atoms with van der Waals surface area (Å²) >= 11 is 0. The van der Waals surface area contributed by atoms with Gasteiger partial charge < -0.3 is 14.3 Å². The van der Waals surface area contributed by atoms with Crippen LogP contribution in [0.15, 0.2) is 75.9 Å². The Kier molecular flexibility index (Phi) is 4.29. The number of carbonyl (C=O) groups excluding carboxylic acids is 1. The van der Waals surface area contributed by atoms with Gasteiger partial charge in [0.1, 0.15) is 11.5 Å². The first-order valence-electron chi connectivity index (χ1n) is 8.52. The maximum Gasteiger partial charge on any atom is 0.279 e. The third-order valence-corrected chi connectivity index (χ3v) is 4.34. The summed E-state index contributed by atoms with van der Waals surface area (Å²) in [4.78, 5) is 23.6. The van der Waals surface area contributed by atoms with E-state index in [0.29, 0.717) is 27.8 Å². The van der Waals surface area contributed by atoms with Crippen LogP contribution in [0.1, 0.15) is 16.1 Å². The number of nitrogens with zero attached hydrogens (tertiary/aromatic N) is 1. The zero-order valence-electron chi connectivity index (χ0n) is 14.7. The quantitative estimate of drug-likeness (QED) is 0.580. The summed E-state index contributed by atoms with van der Waals surface area (Å²) < 4.78 is 7.22. The van der Waals surface area contributed by atoms with E-state index in [0.717, 1.165) is 5.56 Å². The van der Waals surface area contributed by atoms with Crippen molar-refractivity contribution in [3.05, 3.63) is 99.0 Å². The third-order valence-electron chi connectivity index (χ3n) is 4.34. The summed E-state index contributed by atoms with van der Waals surface area (Å²) in [6, 6.07) is 18.9. The number of benzene rings is 2. The molecule has 4 rings (SSSR count). The second-order valence-corrected chi connectivity index (χ2v) is 6.19. The molecule has 0 saturated heterocycles. The molecule has 0 aliphatic rings. The molecule has 2 heterocycles. The van der Waals surface area contributed by atoms with E-state index in [9.17, 15) is 14.7 Å². The Morgan fingerprint density at radius 1 is 1.04 bits per heavy atom. The van der Waals surface area contributed by atoms with Gasteiger partial charge in [-0.1, -0.05) is 49.0 Å². The molecule has 0 atom stereocenters. The number of nitrogens with one attached hydrogen (secondary N) is 1. The van der Waals surface area contributed by atoms with E-state index in [1.807, 2.05) is 30.3 Å². The summed E-state index contributed by atoms with van der Waals surface area (Å²) in [5.74, 6) is -0.189. The lowest BCUT2D eigenvalue weighted by Gasteiger charge is -2.02. The van der Waals surface area contributed by atoms with Crippen LogP contribution in [0.2, 0.25) is 0 Å². The molecular formula is C22H15N2O4-. The first-order chi connectivity index (χ1) is 13.5. The van der Waals surface area contributed by atoms with Crippen molar-refractivity contribution in [1.82, 2.24) is 9.78 Å². The second kappa shape index (κ2) is 6.92. The van der Waals surface area contributed by atoms with Crippen molar-refractivity contribution < 1.29 is 14.3 Å². The first-order valence-corrected chi connectivity index (χ1v) is 8.52. The number of aromatic nitrogens is 2. The Hall–Kier alpha value is -4.06. The molecule has 6 heteroatoms. The molecule has 2 aromatic carbocycles. The van der Waals surface area contributed by atoms with Gasteiger partial charge in [0, 0.05) is 5.56 Å². The number of carboxylic acids is 1. The van der Waals surface area contributed by atoms with Gasteiger partial charge in [-0.25, -0.2) is 4.68 Å². The van der Waals surface area contributed by atoms with E-state index in [2.05, 4.69) is 11.7 Å². The molecule has 0 aliphatic heterocycles. The van der Waals surface area contributed by atoms with E-state index in [1.54, 1.807) is 30.3 Å². The van der Waals surface area contributed by atoms with Gasteiger partial charge in [-0.2, -0.15) is 0 Å². The lowest BCUT2D eigenvalue weighted by molar-refractivity contribution is -0.255. The van der Waals surface area contributed by atoms with Crippen LogP contribution in [-0.2, 0) is 0 Å². The van der Waals surface area contributed by atoms with E-state index >= 15 is 0 Å². The minimum absolute atomic E-state index is 0.0950. The number of aromatic amines is 1. The molecule has 28 heavy (non-hydrogen) atoms. The first kappa shape index (κ1) is 17.4. The van der Waals surface area contributed by atoms with E-state index < -0.39 is 5.97 Å². The molecule has 0 aliphatic carbocycles. The van der Waals surface area contributed by atoms with Crippen molar-refractivity contribution in [3.63, 3.8) is 0 Å². The summed E-state index contributed by atoms with van der Waals surface area (Å²) in [6.07, 6.45) is 1.62. The van der Waals surface area contributed by atoms with Crippen molar-refractivity contribution in [2.45, 2.75) is 0 Å². The zero-order chi connectivity index (χ0) is 19.7. The molecule has 4 aromatic rings. The maximum atomic E-state index is 12.7. The number of furan rings is 1.